The third-order valence-electron chi connectivity index (χ3n) is 1.95. The molecule has 1 saturated carbocycles. The summed E-state index contributed by atoms with van der Waals surface area (Å²) in [7, 11) is 0. The van der Waals surface area contributed by atoms with Gasteiger partial charge < -0.3 is 10.1 Å². The lowest BCUT2D eigenvalue weighted by molar-refractivity contribution is 0.121. The molecule has 0 atom stereocenters. The molecule has 0 unspecified atom stereocenters. The van der Waals surface area contributed by atoms with Crippen molar-refractivity contribution >= 4 is 0 Å². The summed E-state index contributed by atoms with van der Waals surface area (Å²) in [6, 6.07) is 0. The Morgan fingerprint density at radius 1 is 1.33 bits per heavy atom. The minimum Gasteiger partial charge on any atom is -0.380 e. The van der Waals surface area contributed by atoms with Crippen LogP contribution in [0.1, 0.15) is 33.6 Å². The lowest BCUT2D eigenvalue weighted by Gasteiger charge is -2.20. The second-order valence-electron chi connectivity index (χ2n) is 4.70. The van der Waals surface area contributed by atoms with Crippen LogP contribution in [0.5, 0.6) is 0 Å². The van der Waals surface area contributed by atoms with Gasteiger partial charge in [-0.15, -0.1) is 0 Å². The molecule has 0 aromatic rings. The molecule has 1 aliphatic rings. The number of hydrogen-bond acceptors (Lipinski definition) is 2. The second-order valence-corrected chi connectivity index (χ2v) is 4.70. The normalized spacial score (nSPS) is 18.2. The van der Waals surface area contributed by atoms with E-state index in [4.69, 9.17) is 4.74 Å². The standard InChI is InChI=1S/C10H21NO/c1-10(2,3)11-6-7-12-8-9-4-5-9/h9,11H,4-8H2,1-3H3. The lowest BCUT2D eigenvalue weighted by Crippen LogP contribution is -2.38. The van der Waals surface area contributed by atoms with E-state index in [1.807, 2.05) is 0 Å². The minimum atomic E-state index is 0.225. The fraction of sp³-hybridized carbons (Fsp3) is 1.00. The molecule has 0 radical (unpaired) electrons. The molecule has 0 saturated heterocycles. The van der Waals surface area contributed by atoms with Gasteiger partial charge in [-0.3, -0.25) is 0 Å². The number of ether oxygens (including phenoxy) is 1. The highest BCUT2D eigenvalue weighted by atomic mass is 16.5. The van der Waals surface area contributed by atoms with Gasteiger partial charge >= 0.3 is 0 Å². The highest BCUT2D eigenvalue weighted by Crippen LogP contribution is 2.28. The molecule has 1 fully saturated rings. The van der Waals surface area contributed by atoms with Gasteiger partial charge in [-0.2, -0.15) is 0 Å². The van der Waals surface area contributed by atoms with Gasteiger partial charge in [0.15, 0.2) is 0 Å². The van der Waals surface area contributed by atoms with Crippen molar-refractivity contribution in [1.82, 2.24) is 5.32 Å². The monoisotopic (exact) mass is 171 g/mol. The van der Waals surface area contributed by atoms with Gasteiger partial charge in [0.1, 0.15) is 0 Å². The predicted octanol–water partition coefficient (Wildman–Crippen LogP) is 1.80. The minimum absolute atomic E-state index is 0.225. The molecule has 0 spiro atoms. The first-order valence-electron chi connectivity index (χ1n) is 4.91. The first-order chi connectivity index (χ1) is 5.58. The number of rotatable bonds is 5. The van der Waals surface area contributed by atoms with Crippen LogP contribution in [0.2, 0.25) is 0 Å². The van der Waals surface area contributed by atoms with E-state index >= 15 is 0 Å². The number of hydrogen-bond donors (Lipinski definition) is 1. The Balaban J connectivity index is 1.82. The third kappa shape index (κ3) is 5.56. The molecule has 1 N–H and O–H groups in total. The molecule has 1 rings (SSSR count). The SMILES string of the molecule is CC(C)(C)NCCOCC1CC1. The van der Waals surface area contributed by atoms with Crippen LogP contribution < -0.4 is 5.32 Å². The highest BCUT2D eigenvalue weighted by Gasteiger charge is 2.20. The van der Waals surface area contributed by atoms with Gasteiger partial charge in [0, 0.05) is 18.7 Å². The number of nitrogens with one attached hydrogen (secondary N) is 1. The predicted molar refractivity (Wildman–Crippen MR) is 51.3 cm³/mol. The lowest BCUT2D eigenvalue weighted by atomic mass is 10.1. The largest absolute Gasteiger partial charge is 0.380 e. The first-order valence-corrected chi connectivity index (χ1v) is 4.91. The van der Waals surface area contributed by atoms with E-state index in [0.29, 0.717) is 0 Å². The van der Waals surface area contributed by atoms with E-state index in [9.17, 15) is 0 Å². The summed E-state index contributed by atoms with van der Waals surface area (Å²) in [4.78, 5) is 0. The van der Waals surface area contributed by atoms with E-state index in [0.717, 1.165) is 25.7 Å². The van der Waals surface area contributed by atoms with Crippen molar-refractivity contribution < 1.29 is 4.74 Å². The molecule has 1 aliphatic carbocycles. The Morgan fingerprint density at radius 3 is 2.50 bits per heavy atom. The van der Waals surface area contributed by atoms with E-state index in [2.05, 4.69) is 26.1 Å². The van der Waals surface area contributed by atoms with Crippen molar-refractivity contribution in [3.05, 3.63) is 0 Å². The van der Waals surface area contributed by atoms with Crippen molar-refractivity contribution in [2.24, 2.45) is 5.92 Å². The Kier molecular flexibility index (Phi) is 3.53. The maximum absolute atomic E-state index is 5.49. The summed E-state index contributed by atoms with van der Waals surface area (Å²) >= 11 is 0. The average Bonchev–Trinajstić information content (AvgIpc) is 2.68. The molecule has 0 aliphatic heterocycles. The smallest absolute Gasteiger partial charge is 0.0591 e. The Bertz CT molecular complexity index is 124. The first kappa shape index (κ1) is 10.0. The third-order valence-corrected chi connectivity index (χ3v) is 1.95. The molecule has 0 aromatic carbocycles. The summed E-state index contributed by atoms with van der Waals surface area (Å²) in [6.07, 6.45) is 2.76. The van der Waals surface area contributed by atoms with Crippen LogP contribution in [0.15, 0.2) is 0 Å². The molecule has 12 heavy (non-hydrogen) atoms. The van der Waals surface area contributed by atoms with E-state index in [1.54, 1.807) is 0 Å². The zero-order chi connectivity index (χ0) is 9.03. The van der Waals surface area contributed by atoms with Crippen molar-refractivity contribution in [2.45, 2.75) is 39.2 Å². The summed E-state index contributed by atoms with van der Waals surface area (Å²) in [5, 5.41) is 3.39. The Labute approximate surface area is 75.7 Å². The van der Waals surface area contributed by atoms with Gasteiger partial charge in [-0.25, -0.2) is 0 Å². The highest BCUT2D eigenvalue weighted by molar-refractivity contribution is 4.72. The molecular weight excluding hydrogens is 150 g/mol. The summed E-state index contributed by atoms with van der Waals surface area (Å²) in [5.41, 5.74) is 0.225. The van der Waals surface area contributed by atoms with Crippen molar-refractivity contribution in [2.75, 3.05) is 19.8 Å². The van der Waals surface area contributed by atoms with E-state index in [1.165, 1.54) is 12.8 Å². The van der Waals surface area contributed by atoms with E-state index in [-0.39, 0.29) is 5.54 Å². The van der Waals surface area contributed by atoms with Crippen LogP contribution in [0.3, 0.4) is 0 Å². The summed E-state index contributed by atoms with van der Waals surface area (Å²) in [6.45, 7) is 9.32. The van der Waals surface area contributed by atoms with Crippen LogP contribution in [0, 0.1) is 5.92 Å². The maximum Gasteiger partial charge on any atom is 0.0591 e. The molecule has 2 heteroatoms. The topological polar surface area (TPSA) is 21.3 Å². The molecule has 0 heterocycles. The quantitative estimate of drug-likeness (QED) is 0.637. The van der Waals surface area contributed by atoms with Gasteiger partial charge in [0.2, 0.25) is 0 Å². The van der Waals surface area contributed by atoms with Crippen molar-refractivity contribution in [3.8, 4) is 0 Å². The Hall–Kier alpha value is -0.0800. The molecule has 2 nitrogen and oxygen atoms in total. The van der Waals surface area contributed by atoms with E-state index < -0.39 is 0 Å². The fourth-order valence-corrected chi connectivity index (χ4v) is 1.03. The fourth-order valence-electron chi connectivity index (χ4n) is 1.03. The van der Waals surface area contributed by atoms with Crippen LogP contribution in [0.4, 0.5) is 0 Å². The van der Waals surface area contributed by atoms with Crippen LogP contribution >= 0.6 is 0 Å². The van der Waals surface area contributed by atoms with Crippen molar-refractivity contribution in [3.63, 3.8) is 0 Å². The molecular formula is C10H21NO. The summed E-state index contributed by atoms with van der Waals surface area (Å²) < 4.78 is 5.49. The van der Waals surface area contributed by atoms with Crippen LogP contribution in [0.25, 0.3) is 0 Å². The molecule has 0 bridgehead atoms. The Morgan fingerprint density at radius 2 is 2.00 bits per heavy atom. The van der Waals surface area contributed by atoms with Crippen LogP contribution in [-0.2, 0) is 4.74 Å². The summed E-state index contributed by atoms with van der Waals surface area (Å²) in [5.74, 6) is 0.889. The average molecular weight is 171 g/mol. The molecule has 72 valence electrons. The molecule has 0 amide bonds. The van der Waals surface area contributed by atoms with Gasteiger partial charge in [0.25, 0.3) is 0 Å². The zero-order valence-corrected chi connectivity index (χ0v) is 8.52. The molecule has 0 aromatic heterocycles. The van der Waals surface area contributed by atoms with Gasteiger partial charge in [0.05, 0.1) is 6.61 Å². The van der Waals surface area contributed by atoms with Crippen molar-refractivity contribution in [1.29, 1.82) is 0 Å². The van der Waals surface area contributed by atoms with Gasteiger partial charge in [-0.1, -0.05) is 0 Å². The van der Waals surface area contributed by atoms with Gasteiger partial charge in [-0.05, 0) is 39.5 Å². The second kappa shape index (κ2) is 4.24. The van der Waals surface area contributed by atoms with Crippen LogP contribution in [-0.4, -0.2) is 25.3 Å². The zero-order valence-electron chi connectivity index (χ0n) is 8.52. The maximum atomic E-state index is 5.49.